The number of hydrogen-bond donors (Lipinski definition) is 2. The predicted octanol–water partition coefficient (Wildman–Crippen LogP) is 2.99. The first-order valence-electron chi connectivity index (χ1n) is 11.0. The van der Waals surface area contributed by atoms with Gasteiger partial charge in [0, 0.05) is 18.0 Å². The van der Waals surface area contributed by atoms with Crippen molar-refractivity contribution in [2.75, 3.05) is 7.11 Å². The van der Waals surface area contributed by atoms with Crippen LogP contribution in [0.2, 0.25) is 0 Å². The van der Waals surface area contributed by atoms with Gasteiger partial charge in [0.1, 0.15) is 17.3 Å². The van der Waals surface area contributed by atoms with Gasteiger partial charge in [-0.15, -0.1) is 0 Å². The molecule has 2 fully saturated rings. The van der Waals surface area contributed by atoms with Gasteiger partial charge in [-0.3, -0.25) is 9.59 Å². The molecule has 1 aliphatic heterocycles. The highest BCUT2D eigenvalue weighted by molar-refractivity contribution is 6.10. The van der Waals surface area contributed by atoms with Crippen LogP contribution in [0.5, 0.6) is 5.75 Å². The Kier molecular flexibility index (Phi) is 5.91. The standard InChI is InChI=1S/C25H29N3O4/c1-16(18-13-14-18)26-22(29)20(15-17-9-5-4-6-10-17)28-23(30)25(2,27-24(28)31)19-11-7-8-12-21(19)32-3/h4-12,16,18,20H,13-15H2,1-3H3,(H,26,29)(H,27,31). The van der Waals surface area contributed by atoms with Gasteiger partial charge in [-0.2, -0.15) is 0 Å². The minimum atomic E-state index is -1.33. The SMILES string of the molecule is COc1ccccc1C1(C)NC(=O)N(C(Cc2ccccc2)C(=O)NC(C)C2CC2)C1=O. The van der Waals surface area contributed by atoms with E-state index in [2.05, 4.69) is 10.6 Å². The Morgan fingerprint density at radius 1 is 1.16 bits per heavy atom. The first-order valence-corrected chi connectivity index (χ1v) is 11.0. The number of urea groups is 1. The fraction of sp³-hybridized carbons (Fsp3) is 0.400. The lowest BCUT2D eigenvalue weighted by molar-refractivity contribution is -0.138. The summed E-state index contributed by atoms with van der Waals surface area (Å²) in [6.45, 7) is 3.62. The summed E-state index contributed by atoms with van der Waals surface area (Å²) in [5.74, 6) is 0.165. The molecule has 2 N–H and O–H groups in total. The number of imide groups is 1. The van der Waals surface area contributed by atoms with E-state index < -0.39 is 23.5 Å². The van der Waals surface area contributed by atoms with E-state index in [9.17, 15) is 14.4 Å². The highest BCUT2D eigenvalue weighted by Crippen LogP contribution is 2.36. The van der Waals surface area contributed by atoms with Crippen molar-refractivity contribution in [3.05, 3.63) is 65.7 Å². The second kappa shape index (κ2) is 8.65. The van der Waals surface area contributed by atoms with Crippen LogP contribution >= 0.6 is 0 Å². The molecule has 0 bridgehead atoms. The summed E-state index contributed by atoms with van der Waals surface area (Å²) in [6, 6.07) is 15.0. The van der Waals surface area contributed by atoms with E-state index in [-0.39, 0.29) is 18.4 Å². The highest BCUT2D eigenvalue weighted by Gasteiger charge is 2.54. The van der Waals surface area contributed by atoms with E-state index in [1.807, 2.05) is 37.3 Å². The number of amides is 4. The molecule has 1 saturated carbocycles. The van der Waals surface area contributed by atoms with Crippen molar-refractivity contribution in [1.82, 2.24) is 15.5 Å². The molecule has 0 aromatic heterocycles. The molecule has 4 amide bonds. The average Bonchev–Trinajstić information content (AvgIpc) is 3.61. The van der Waals surface area contributed by atoms with Crippen LogP contribution in [-0.4, -0.2) is 41.9 Å². The fourth-order valence-corrected chi connectivity index (χ4v) is 4.36. The third-order valence-electron chi connectivity index (χ3n) is 6.45. The van der Waals surface area contributed by atoms with Gasteiger partial charge < -0.3 is 15.4 Å². The van der Waals surface area contributed by atoms with Crippen molar-refractivity contribution in [2.45, 2.75) is 50.7 Å². The van der Waals surface area contributed by atoms with Crippen LogP contribution in [-0.2, 0) is 21.5 Å². The Morgan fingerprint density at radius 3 is 2.47 bits per heavy atom. The summed E-state index contributed by atoms with van der Waals surface area (Å²) in [5, 5.41) is 5.84. The average molecular weight is 436 g/mol. The van der Waals surface area contributed by atoms with E-state index in [4.69, 9.17) is 4.74 Å². The third-order valence-corrected chi connectivity index (χ3v) is 6.45. The van der Waals surface area contributed by atoms with Gasteiger partial charge >= 0.3 is 6.03 Å². The summed E-state index contributed by atoms with van der Waals surface area (Å²) in [6.07, 6.45) is 2.41. The van der Waals surface area contributed by atoms with E-state index in [1.54, 1.807) is 31.2 Å². The normalized spacial score (nSPS) is 22.3. The van der Waals surface area contributed by atoms with Gasteiger partial charge in [0.15, 0.2) is 0 Å². The van der Waals surface area contributed by atoms with Crippen LogP contribution in [0.15, 0.2) is 54.6 Å². The maximum Gasteiger partial charge on any atom is 0.326 e. The molecule has 1 aliphatic carbocycles. The van der Waals surface area contributed by atoms with Crippen molar-refractivity contribution in [1.29, 1.82) is 0 Å². The number of carbonyl (C=O) groups is 3. The van der Waals surface area contributed by atoms with Crippen molar-refractivity contribution < 1.29 is 19.1 Å². The lowest BCUT2D eigenvalue weighted by Crippen LogP contribution is -2.53. The summed E-state index contributed by atoms with van der Waals surface area (Å²) in [5.41, 5.74) is 0.0906. The molecular weight excluding hydrogens is 406 g/mol. The molecule has 2 aliphatic rings. The molecule has 3 atom stereocenters. The van der Waals surface area contributed by atoms with E-state index in [0.29, 0.717) is 17.2 Å². The second-order valence-electron chi connectivity index (χ2n) is 8.77. The van der Waals surface area contributed by atoms with Crippen molar-refractivity contribution in [3.8, 4) is 5.75 Å². The number of benzene rings is 2. The lowest BCUT2D eigenvalue weighted by atomic mass is 9.90. The molecular formula is C25H29N3O4. The topological polar surface area (TPSA) is 87.7 Å². The Bertz CT molecular complexity index is 1020. The molecule has 32 heavy (non-hydrogen) atoms. The number of nitrogens with one attached hydrogen (secondary N) is 2. The van der Waals surface area contributed by atoms with Gasteiger partial charge in [-0.05, 0) is 44.2 Å². The van der Waals surface area contributed by atoms with Crippen LogP contribution in [0, 0.1) is 5.92 Å². The smallest absolute Gasteiger partial charge is 0.326 e. The van der Waals surface area contributed by atoms with Crippen LogP contribution in [0.4, 0.5) is 4.79 Å². The quantitative estimate of drug-likeness (QED) is 0.624. The maximum atomic E-state index is 13.7. The number of carbonyl (C=O) groups excluding carboxylic acids is 3. The van der Waals surface area contributed by atoms with Crippen LogP contribution in [0.1, 0.15) is 37.8 Å². The molecule has 1 heterocycles. The first kappa shape index (κ1) is 21.9. The monoisotopic (exact) mass is 435 g/mol. The summed E-state index contributed by atoms with van der Waals surface area (Å²) < 4.78 is 5.43. The van der Waals surface area contributed by atoms with Gasteiger partial charge in [0.25, 0.3) is 5.91 Å². The molecule has 7 nitrogen and oxygen atoms in total. The zero-order valence-electron chi connectivity index (χ0n) is 18.6. The molecule has 3 unspecified atom stereocenters. The summed E-state index contributed by atoms with van der Waals surface area (Å²) >= 11 is 0. The van der Waals surface area contributed by atoms with Crippen LogP contribution in [0.25, 0.3) is 0 Å². The molecule has 0 spiro atoms. The number of nitrogens with zero attached hydrogens (tertiary/aromatic N) is 1. The molecule has 168 valence electrons. The van der Waals surface area contributed by atoms with Crippen molar-refractivity contribution in [3.63, 3.8) is 0 Å². The molecule has 2 aromatic rings. The fourth-order valence-electron chi connectivity index (χ4n) is 4.36. The zero-order valence-corrected chi connectivity index (χ0v) is 18.6. The highest BCUT2D eigenvalue weighted by atomic mass is 16.5. The Hall–Kier alpha value is -3.35. The number of rotatable bonds is 8. The minimum Gasteiger partial charge on any atom is -0.496 e. The molecule has 4 rings (SSSR count). The lowest BCUT2D eigenvalue weighted by Gasteiger charge is -2.28. The largest absolute Gasteiger partial charge is 0.496 e. The van der Waals surface area contributed by atoms with Gasteiger partial charge in [-0.25, -0.2) is 9.69 Å². The van der Waals surface area contributed by atoms with Crippen LogP contribution in [0.3, 0.4) is 0 Å². The van der Waals surface area contributed by atoms with Crippen molar-refractivity contribution >= 4 is 17.8 Å². The summed E-state index contributed by atoms with van der Waals surface area (Å²) in [7, 11) is 1.52. The maximum absolute atomic E-state index is 13.7. The summed E-state index contributed by atoms with van der Waals surface area (Å²) in [4.78, 5) is 41.2. The number of para-hydroxylation sites is 1. The molecule has 0 radical (unpaired) electrons. The van der Waals surface area contributed by atoms with E-state index in [1.165, 1.54) is 7.11 Å². The number of hydrogen-bond acceptors (Lipinski definition) is 4. The molecule has 1 saturated heterocycles. The minimum absolute atomic E-state index is 0.00198. The zero-order chi connectivity index (χ0) is 22.9. The number of ether oxygens (including phenoxy) is 1. The number of methoxy groups -OCH3 is 1. The molecule has 2 aromatic carbocycles. The van der Waals surface area contributed by atoms with E-state index in [0.717, 1.165) is 23.3 Å². The van der Waals surface area contributed by atoms with E-state index >= 15 is 0 Å². The third kappa shape index (κ3) is 4.07. The first-order chi connectivity index (χ1) is 15.3. The Morgan fingerprint density at radius 2 is 1.81 bits per heavy atom. The van der Waals surface area contributed by atoms with Gasteiger partial charge in [0.2, 0.25) is 5.91 Å². The molecule has 7 heteroatoms. The van der Waals surface area contributed by atoms with Crippen molar-refractivity contribution in [2.24, 2.45) is 5.92 Å². The predicted molar refractivity (Wildman–Crippen MR) is 120 cm³/mol. The second-order valence-corrected chi connectivity index (χ2v) is 8.77. The van der Waals surface area contributed by atoms with Gasteiger partial charge in [0.05, 0.1) is 7.11 Å². The van der Waals surface area contributed by atoms with Gasteiger partial charge in [-0.1, -0.05) is 48.5 Å². The van der Waals surface area contributed by atoms with Crippen LogP contribution < -0.4 is 15.4 Å². The Balaban J connectivity index is 1.67. The Labute approximate surface area is 188 Å².